The van der Waals surface area contributed by atoms with Gasteiger partial charge < -0.3 is 15.2 Å². The molecular weight excluding hydrogens is 272 g/mol. The fourth-order valence-corrected chi connectivity index (χ4v) is 2.87. The summed E-state index contributed by atoms with van der Waals surface area (Å²) in [5, 5.41) is 13.3. The first-order valence-corrected chi connectivity index (χ1v) is 7.74. The quantitative estimate of drug-likeness (QED) is 0.671. The normalized spacial score (nSPS) is 25.7. The number of hydrogen-bond acceptors (Lipinski definition) is 5. The van der Waals surface area contributed by atoms with Crippen molar-refractivity contribution in [3.05, 3.63) is 0 Å². The van der Waals surface area contributed by atoms with E-state index in [-0.39, 0.29) is 24.3 Å². The highest BCUT2D eigenvalue weighted by Crippen LogP contribution is 2.33. The third-order valence-electron chi connectivity index (χ3n) is 3.89. The maximum Gasteiger partial charge on any atom is 0.308 e. The van der Waals surface area contributed by atoms with E-state index in [0.717, 1.165) is 0 Å². The zero-order valence-corrected chi connectivity index (χ0v) is 13.4. The van der Waals surface area contributed by atoms with Crippen molar-refractivity contribution in [3.8, 4) is 0 Å². The summed E-state index contributed by atoms with van der Waals surface area (Å²) in [5.41, 5.74) is -0.815. The molecule has 0 radical (unpaired) electrons. The molecule has 0 aliphatic heterocycles. The molecule has 2 N–H and O–H groups in total. The van der Waals surface area contributed by atoms with E-state index in [4.69, 9.17) is 4.74 Å². The van der Waals surface area contributed by atoms with Gasteiger partial charge in [0, 0.05) is 13.1 Å². The van der Waals surface area contributed by atoms with E-state index < -0.39 is 5.60 Å². The summed E-state index contributed by atoms with van der Waals surface area (Å²) in [4.78, 5) is 25.0. The Morgan fingerprint density at radius 1 is 1.33 bits per heavy atom. The van der Waals surface area contributed by atoms with Gasteiger partial charge in [0.25, 0.3) is 0 Å². The van der Waals surface area contributed by atoms with Gasteiger partial charge in [-0.2, -0.15) is 0 Å². The van der Waals surface area contributed by atoms with Gasteiger partial charge in [0.15, 0.2) is 0 Å². The van der Waals surface area contributed by atoms with Gasteiger partial charge in [0.1, 0.15) is 0 Å². The second kappa shape index (κ2) is 8.34. The Kier molecular flexibility index (Phi) is 7.11. The molecule has 0 aromatic heterocycles. The molecule has 6 heteroatoms. The fraction of sp³-hybridized carbons (Fsp3) is 0.867. The number of amides is 1. The first-order valence-electron chi connectivity index (χ1n) is 7.74. The minimum atomic E-state index is -0.815. The van der Waals surface area contributed by atoms with Gasteiger partial charge in [0.05, 0.1) is 24.7 Å². The van der Waals surface area contributed by atoms with Crippen LogP contribution in [0.15, 0.2) is 0 Å². The Morgan fingerprint density at radius 2 is 1.95 bits per heavy atom. The molecule has 0 spiro atoms. The van der Waals surface area contributed by atoms with Gasteiger partial charge in [-0.1, -0.05) is 0 Å². The van der Waals surface area contributed by atoms with Crippen molar-refractivity contribution >= 4 is 11.9 Å². The van der Waals surface area contributed by atoms with Crippen molar-refractivity contribution in [2.24, 2.45) is 5.92 Å². The third-order valence-corrected chi connectivity index (χ3v) is 3.89. The average Bonchev–Trinajstić information content (AvgIpc) is 2.39. The maximum absolute atomic E-state index is 11.7. The molecule has 0 aromatic rings. The highest BCUT2D eigenvalue weighted by molar-refractivity contribution is 5.77. The predicted molar refractivity (Wildman–Crippen MR) is 79.7 cm³/mol. The van der Waals surface area contributed by atoms with Crippen molar-refractivity contribution in [1.29, 1.82) is 0 Å². The standard InChI is InChI=1S/C15H28N2O4/c1-4-16-13(18)10-17(3)11-15(20)8-6-12(7-9-15)14(19)21-5-2/h12,20H,4-11H2,1-3H3,(H,16,18). The lowest BCUT2D eigenvalue weighted by atomic mass is 9.78. The van der Waals surface area contributed by atoms with Crippen molar-refractivity contribution in [1.82, 2.24) is 10.2 Å². The van der Waals surface area contributed by atoms with Crippen LogP contribution in [0.4, 0.5) is 0 Å². The smallest absolute Gasteiger partial charge is 0.308 e. The van der Waals surface area contributed by atoms with E-state index in [1.165, 1.54) is 0 Å². The molecule has 6 nitrogen and oxygen atoms in total. The predicted octanol–water partition coefficient (Wildman–Crippen LogP) is 0.539. The van der Waals surface area contributed by atoms with Gasteiger partial charge >= 0.3 is 5.97 Å². The monoisotopic (exact) mass is 300 g/mol. The van der Waals surface area contributed by atoms with E-state index in [1.54, 1.807) is 6.92 Å². The number of aliphatic hydroxyl groups is 1. The molecule has 1 fully saturated rings. The van der Waals surface area contributed by atoms with Crippen LogP contribution in [0.1, 0.15) is 39.5 Å². The summed E-state index contributed by atoms with van der Waals surface area (Å²) in [6.45, 7) is 5.40. The van der Waals surface area contributed by atoms with Gasteiger partial charge in [-0.15, -0.1) is 0 Å². The Balaban J connectivity index is 2.39. The first-order chi connectivity index (χ1) is 9.90. The molecule has 1 rings (SSSR count). The van der Waals surface area contributed by atoms with Crippen molar-refractivity contribution in [3.63, 3.8) is 0 Å². The minimum absolute atomic E-state index is 0.0381. The molecule has 1 aliphatic rings. The number of carbonyl (C=O) groups is 2. The van der Waals surface area contributed by atoms with Crippen molar-refractivity contribution in [2.75, 3.05) is 33.3 Å². The summed E-state index contributed by atoms with van der Waals surface area (Å²) in [7, 11) is 1.82. The fourth-order valence-electron chi connectivity index (χ4n) is 2.87. The Morgan fingerprint density at radius 3 is 2.48 bits per heavy atom. The van der Waals surface area contributed by atoms with E-state index in [1.807, 2.05) is 18.9 Å². The summed E-state index contributed by atoms with van der Waals surface area (Å²) < 4.78 is 5.03. The molecule has 0 atom stereocenters. The lowest BCUT2D eigenvalue weighted by Gasteiger charge is -2.37. The summed E-state index contributed by atoms with van der Waals surface area (Å²) >= 11 is 0. The molecule has 0 unspecified atom stereocenters. The lowest BCUT2D eigenvalue weighted by molar-refractivity contribution is -0.151. The summed E-state index contributed by atoms with van der Waals surface area (Å²) in [6, 6.07) is 0. The van der Waals surface area contributed by atoms with Crippen LogP contribution < -0.4 is 5.32 Å². The maximum atomic E-state index is 11.7. The van der Waals surface area contributed by atoms with Crippen LogP contribution >= 0.6 is 0 Å². The lowest BCUT2D eigenvalue weighted by Crippen LogP contribution is -2.47. The number of likely N-dealkylation sites (N-methyl/N-ethyl adjacent to an activating group) is 2. The van der Waals surface area contributed by atoms with E-state index in [2.05, 4.69) is 5.32 Å². The van der Waals surface area contributed by atoms with Crippen molar-refractivity contribution < 1.29 is 19.4 Å². The van der Waals surface area contributed by atoms with Gasteiger partial charge in [-0.05, 0) is 46.6 Å². The van der Waals surface area contributed by atoms with Crippen LogP contribution in [-0.4, -0.2) is 60.8 Å². The molecule has 1 saturated carbocycles. The number of esters is 1. The average molecular weight is 300 g/mol. The summed E-state index contributed by atoms with van der Waals surface area (Å²) in [5.74, 6) is -0.294. The zero-order chi connectivity index (χ0) is 15.9. The molecule has 0 saturated heterocycles. The number of nitrogens with zero attached hydrogens (tertiary/aromatic N) is 1. The van der Waals surface area contributed by atoms with Gasteiger partial charge in [0.2, 0.25) is 5.91 Å². The number of carbonyl (C=O) groups excluding carboxylic acids is 2. The van der Waals surface area contributed by atoms with Crippen LogP contribution in [0.5, 0.6) is 0 Å². The molecule has 0 bridgehead atoms. The molecule has 122 valence electrons. The Hall–Kier alpha value is -1.14. The zero-order valence-electron chi connectivity index (χ0n) is 13.4. The third kappa shape index (κ3) is 6.01. The highest BCUT2D eigenvalue weighted by Gasteiger charge is 2.37. The number of rotatable bonds is 7. The molecular formula is C15H28N2O4. The molecule has 1 amide bonds. The van der Waals surface area contributed by atoms with E-state index in [9.17, 15) is 14.7 Å². The largest absolute Gasteiger partial charge is 0.466 e. The topological polar surface area (TPSA) is 78.9 Å². The van der Waals surface area contributed by atoms with E-state index >= 15 is 0 Å². The van der Waals surface area contributed by atoms with Crippen LogP contribution in [-0.2, 0) is 14.3 Å². The number of nitrogens with one attached hydrogen (secondary N) is 1. The molecule has 0 aromatic carbocycles. The Labute approximate surface area is 126 Å². The van der Waals surface area contributed by atoms with Crippen molar-refractivity contribution in [2.45, 2.75) is 45.1 Å². The second-order valence-corrected chi connectivity index (χ2v) is 5.88. The molecule has 21 heavy (non-hydrogen) atoms. The van der Waals surface area contributed by atoms with Gasteiger partial charge in [-0.3, -0.25) is 14.5 Å². The minimum Gasteiger partial charge on any atom is -0.466 e. The highest BCUT2D eigenvalue weighted by atomic mass is 16.5. The molecule has 1 aliphatic carbocycles. The van der Waals surface area contributed by atoms with Crippen LogP contribution in [0.25, 0.3) is 0 Å². The second-order valence-electron chi connectivity index (χ2n) is 5.88. The van der Waals surface area contributed by atoms with Gasteiger partial charge in [-0.25, -0.2) is 0 Å². The number of ether oxygens (including phenoxy) is 1. The van der Waals surface area contributed by atoms with E-state index in [0.29, 0.717) is 45.4 Å². The Bertz CT molecular complexity index is 352. The SMILES string of the molecule is CCNC(=O)CN(C)CC1(O)CCC(C(=O)OCC)CC1. The number of hydrogen-bond donors (Lipinski definition) is 2. The first kappa shape index (κ1) is 17.9. The van der Waals surface area contributed by atoms with Crippen LogP contribution in [0, 0.1) is 5.92 Å². The molecule has 0 heterocycles. The van der Waals surface area contributed by atoms with Crippen LogP contribution in [0.2, 0.25) is 0 Å². The van der Waals surface area contributed by atoms with Crippen LogP contribution in [0.3, 0.4) is 0 Å². The summed E-state index contributed by atoms with van der Waals surface area (Å²) in [6.07, 6.45) is 2.42.